The van der Waals surface area contributed by atoms with Crippen LogP contribution >= 0.6 is 0 Å². The highest BCUT2D eigenvalue weighted by Gasteiger charge is 1.99. The van der Waals surface area contributed by atoms with Crippen LogP contribution < -0.4 is 11.1 Å². The number of ether oxygens (including phenoxy) is 1. The summed E-state index contributed by atoms with van der Waals surface area (Å²) in [6.07, 6.45) is 0.879. The quantitative estimate of drug-likeness (QED) is 0.561. The zero-order chi connectivity index (χ0) is 11.1. The van der Waals surface area contributed by atoms with Crippen molar-refractivity contribution in [3.63, 3.8) is 0 Å². The highest BCUT2D eigenvalue weighted by molar-refractivity contribution is 5.65. The van der Waals surface area contributed by atoms with Crippen LogP contribution in [-0.4, -0.2) is 19.8 Å². The van der Waals surface area contributed by atoms with Crippen molar-refractivity contribution in [1.82, 2.24) is 0 Å². The van der Waals surface area contributed by atoms with E-state index in [0.29, 0.717) is 18.0 Å². The van der Waals surface area contributed by atoms with Crippen molar-refractivity contribution < 1.29 is 9.13 Å². The molecule has 0 unspecified atom stereocenters. The maximum Gasteiger partial charge on any atom is 0.125 e. The maximum absolute atomic E-state index is 12.9. The maximum atomic E-state index is 12.9. The zero-order valence-corrected chi connectivity index (χ0v) is 8.92. The Balaban J connectivity index is 2.33. The van der Waals surface area contributed by atoms with Gasteiger partial charge in [0.15, 0.2) is 0 Å². The molecule has 0 aliphatic heterocycles. The van der Waals surface area contributed by atoms with Crippen LogP contribution in [0, 0.1) is 5.82 Å². The molecule has 15 heavy (non-hydrogen) atoms. The highest BCUT2D eigenvalue weighted by Crippen LogP contribution is 2.18. The van der Waals surface area contributed by atoms with E-state index in [1.54, 1.807) is 6.07 Å². The van der Waals surface area contributed by atoms with Gasteiger partial charge in [0.1, 0.15) is 5.82 Å². The van der Waals surface area contributed by atoms with E-state index in [1.807, 2.05) is 6.92 Å². The molecular formula is C11H17FN2O. The number of nitrogens with two attached hydrogens (primary N) is 1. The van der Waals surface area contributed by atoms with Gasteiger partial charge in [0.05, 0.1) is 11.4 Å². The fraction of sp³-hybridized carbons (Fsp3) is 0.455. The van der Waals surface area contributed by atoms with Crippen molar-refractivity contribution in [2.75, 3.05) is 30.8 Å². The molecular weight excluding hydrogens is 195 g/mol. The standard InChI is InChI=1S/C11H17FN2O/c1-2-15-7-3-6-14-11-8-9(12)4-5-10(11)13/h4-5,8,14H,2-3,6-7,13H2,1H3. The minimum absolute atomic E-state index is 0.281. The molecule has 1 rings (SSSR count). The second-order valence-electron chi connectivity index (χ2n) is 3.21. The summed E-state index contributed by atoms with van der Waals surface area (Å²) in [5, 5.41) is 3.07. The molecule has 84 valence electrons. The second-order valence-corrected chi connectivity index (χ2v) is 3.21. The van der Waals surface area contributed by atoms with Gasteiger partial charge in [-0.2, -0.15) is 0 Å². The first kappa shape index (κ1) is 11.8. The van der Waals surface area contributed by atoms with Crippen molar-refractivity contribution in [3.8, 4) is 0 Å². The molecule has 0 spiro atoms. The molecule has 0 atom stereocenters. The smallest absolute Gasteiger partial charge is 0.125 e. The molecule has 0 heterocycles. The number of halogens is 1. The van der Waals surface area contributed by atoms with Crippen LogP contribution in [-0.2, 0) is 4.74 Å². The van der Waals surface area contributed by atoms with Crippen LogP contribution in [0.25, 0.3) is 0 Å². The predicted molar refractivity (Wildman–Crippen MR) is 60.4 cm³/mol. The number of benzene rings is 1. The first-order valence-electron chi connectivity index (χ1n) is 5.10. The first-order valence-corrected chi connectivity index (χ1v) is 5.10. The number of nitrogen functional groups attached to an aromatic ring is 1. The van der Waals surface area contributed by atoms with Crippen LogP contribution in [0.15, 0.2) is 18.2 Å². The number of anilines is 2. The number of rotatable bonds is 6. The summed E-state index contributed by atoms with van der Waals surface area (Å²) in [7, 11) is 0. The lowest BCUT2D eigenvalue weighted by Crippen LogP contribution is -2.07. The number of hydrogen-bond acceptors (Lipinski definition) is 3. The molecule has 0 aliphatic rings. The Morgan fingerprint density at radius 3 is 3.00 bits per heavy atom. The van der Waals surface area contributed by atoms with Gasteiger partial charge in [-0.3, -0.25) is 0 Å². The van der Waals surface area contributed by atoms with Crippen molar-refractivity contribution >= 4 is 11.4 Å². The molecule has 0 aromatic heterocycles. The van der Waals surface area contributed by atoms with Gasteiger partial charge in [0, 0.05) is 19.8 Å². The fourth-order valence-corrected chi connectivity index (χ4v) is 1.22. The van der Waals surface area contributed by atoms with E-state index in [-0.39, 0.29) is 5.82 Å². The Morgan fingerprint density at radius 1 is 1.47 bits per heavy atom. The van der Waals surface area contributed by atoms with Gasteiger partial charge in [0.25, 0.3) is 0 Å². The summed E-state index contributed by atoms with van der Waals surface area (Å²) >= 11 is 0. The van der Waals surface area contributed by atoms with E-state index in [0.717, 1.165) is 19.6 Å². The highest BCUT2D eigenvalue weighted by atomic mass is 19.1. The van der Waals surface area contributed by atoms with Crippen LogP contribution in [0.2, 0.25) is 0 Å². The first-order chi connectivity index (χ1) is 7.24. The van der Waals surface area contributed by atoms with E-state index in [1.165, 1.54) is 12.1 Å². The van der Waals surface area contributed by atoms with E-state index in [2.05, 4.69) is 5.32 Å². The van der Waals surface area contributed by atoms with Crippen LogP contribution in [0.5, 0.6) is 0 Å². The Morgan fingerprint density at radius 2 is 2.27 bits per heavy atom. The van der Waals surface area contributed by atoms with E-state index >= 15 is 0 Å². The fourth-order valence-electron chi connectivity index (χ4n) is 1.22. The summed E-state index contributed by atoms with van der Waals surface area (Å²) in [5.41, 5.74) is 6.88. The molecule has 0 amide bonds. The molecule has 3 nitrogen and oxygen atoms in total. The summed E-state index contributed by atoms with van der Waals surface area (Å²) in [5.74, 6) is -0.281. The molecule has 0 saturated heterocycles. The average Bonchev–Trinajstić information content (AvgIpc) is 2.23. The van der Waals surface area contributed by atoms with Gasteiger partial charge in [-0.1, -0.05) is 0 Å². The second kappa shape index (κ2) is 6.24. The Hall–Kier alpha value is -1.29. The van der Waals surface area contributed by atoms with Crippen LogP contribution in [0.4, 0.5) is 15.8 Å². The van der Waals surface area contributed by atoms with Gasteiger partial charge in [-0.05, 0) is 31.5 Å². The van der Waals surface area contributed by atoms with Crippen molar-refractivity contribution in [2.24, 2.45) is 0 Å². The minimum atomic E-state index is -0.281. The molecule has 0 aliphatic carbocycles. The zero-order valence-electron chi connectivity index (χ0n) is 8.92. The molecule has 0 fully saturated rings. The third-order valence-corrected chi connectivity index (χ3v) is 2.00. The number of hydrogen-bond donors (Lipinski definition) is 2. The van der Waals surface area contributed by atoms with Crippen molar-refractivity contribution in [3.05, 3.63) is 24.0 Å². The molecule has 3 N–H and O–H groups in total. The normalized spacial score (nSPS) is 10.3. The Labute approximate surface area is 89.4 Å². The lowest BCUT2D eigenvalue weighted by atomic mass is 10.2. The van der Waals surface area contributed by atoms with Crippen molar-refractivity contribution in [1.29, 1.82) is 0 Å². The molecule has 1 aromatic carbocycles. The van der Waals surface area contributed by atoms with Crippen LogP contribution in [0.1, 0.15) is 13.3 Å². The van der Waals surface area contributed by atoms with Crippen LogP contribution in [0.3, 0.4) is 0 Å². The van der Waals surface area contributed by atoms with Gasteiger partial charge >= 0.3 is 0 Å². The monoisotopic (exact) mass is 212 g/mol. The predicted octanol–water partition coefficient (Wildman–Crippen LogP) is 2.25. The van der Waals surface area contributed by atoms with Gasteiger partial charge < -0.3 is 15.8 Å². The topological polar surface area (TPSA) is 47.3 Å². The molecule has 4 heteroatoms. The Kier molecular flexibility index (Phi) is 4.90. The van der Waals surface area contributed by atoms with E-state index in [9.17, 15) is 4.39 Å². The SMILES string of the molecule is CCOCCCNc1cc(F)ccc1N. The van der Waals surface area contributed by atoms with E-state index in [4.69, 9.17) is 10.5 Å². The molecule has 0 saturated carbocycles. The van der Waals surface area contributed by atoms with Crippen molar-refractivity contribution in [2.45, 2.75) is 13.3 Å². The molecule has 0 bridgehead atoms. The summed E-state index contributed by atoms with van der Waals surface area (Å²) in [6.45, 7) is 4.12. The van der Waals surface area contributed by atoms with Gasteiger partial charge in [-0.25, -0.2) is 4.39 Å². The summed E-state index contributed by atoms with van der Waals surface area (Å²) < 4.78 is 18.0. The minimum Gasteiger partial charge on any atom is -0.397 e. The van der Waals surface area contributed by atoms with Gasteiger partial charge in [0.2, 0.25) is 0 Å². The average molecular weight is 212 g/mol. The molecule has 0 radical (unpaired) electrons. The van der Waals surface area contributed by atoms with Gasteiger partial charge in [-0.15, -0.1) is 0 Å². The number of nitrogens with one attached hydrogen (secondary N) is 1. The summed E-state index contributed by atoms with van der Waals surface area (Å²) in [4.78, 5) is 0. The largest absolute Gasteiger partial charge is 0.397 e. The third-order valence-electron chi connectivity index (χ3n) is 2.00. The van der Waals surface area contributed by atoms with E-state index < -0.39 is 0 Å². The lowest BCUT2D eigenvalue weighted by Gasteiger charge is -2.09. The third kappa shape index (κ3) is 4.16. The Bertz CT molecular complexity index is 305. The lowest BCUT2D eigenvalue weighted by molar-refractivity contribution is 0.147. The summed E-state index contributed by atoms with van der Waals surface area (Å²) in [6, 6.07) is 4.30. The molecule has 1 aromatic rings.